The lowest BCUT2D eigenvalue weighted by molar-refractivity contribution is 0.573. The zero-order valence-corrected chi connectivity index (χ0v) is 16.3. The third-order valence-electron chi connectivity index (χ3n) is 3.38. The van der Waals surface area contributed by atoms with E-state index in [1.54, 1.807) is 13.2 Å². The number of aliphatic imine (C=N–C) groups is 1. The van der Waals surface area contributed by atoms with E-state index in [4.69, 9.17) is 0 Å². The van der Waals surface area contributed by atoms with Gasteiger partial charge in [0.15, 0.2) is 5.96 Å². The van der Waals surface area contributed by atoms with Gasteiger partial charge in [-0.3, -0.25) is 4.99 Å². The first-order chi connectivity index (χ1) is 10.7. The van der Waals surface area contributed by atoms with Gasteiger partial charge in [-0.2, -0.15) is 5.10 Å². The van der Waals surface area contributed by atoms with Gasteiger partial charge >= 0.3 is 0 Å². The van der Waals surface area contributed by atoms with Gasteiger partial charge in [0.25, 0.3) is 0 Å². The molecule has 0 radical (unpaired) electrons. The quantitative estimate of drug-likeness (QED) is 0.423. The lowest BCUT2D eigenvalue weighted by Gasteiger charge is -2.13. The summed E-state index contributed by atoms with van der Waals surface area (Å²) in [6, 6.07) is 10.2. The molecule has 0 aliphatic rings. The van der Waals surface area contributed by atoms with Gasteiger partial charge < -0.3 is 10.6 Å². The van der Waals surface area contributed by atoms with E-state index in [-0.39, 0.29) is 24.0 Å². The first-order valence-corrected chi connectivity index (χ1v) is 7.72. The summed E-state index contributed by atoms with van der Waals surface area (Å²) >= 11 is 0. The molecule has 0 saturated carbocycles. The van der Waals surface area contributed by atoms with Gasteiger partial charge in [0.1, 0.15) is 0 Å². The van der Waals surface area contributed by atoms with Crippen molar-refractivity contribution in [1.29, 1.82) is 0 Å². The minimum Gasteiger partial charge on any atom is -0.356 e. The molecule has 6 heteroatoms. The van der Waals surface area contributed by atoms with E-state index in [0.29, 0.717) is 5.92 Å². The number of nitrogens with zero attached hydrogens (tertiary/aromatic N) is 3. The minimum atomic E-state index is 0. The van der Waals surface area contributed by atoms with Crippen LogP contribution in [0.2, 0.25) is 0 Å². The molecule has 2 aromatic rings. The summed E-state index contributed by atoms with van der Waals surface area (Å²) in [5.74, 6) is 1.53. The number of rotatable bonds is 6. The van der Waals surface area contributed by atoms with Gasteiger partial charge in [-0.1, -0.05) is 26.0 Å². The first kappa shape index (κ1) is 19.5. The second-order valence-electron chi connectivity index (χ2n) is 5.66. The number of aromatic nitrogens is 2. The highest BCUT2D eigenvalue weighted by Gasteiger charge is 2.01. The average Bonchev–Trinajstić information content (AvgIpc) is 3.05. The van der Waals surface area contributed by atoms with Crippen LogP contribution in [0.25, 0.3) is 5.69 Å². The maximum absolute atomic E-state index is 4.26. The van der Waals surface area contributed by atoms with Crippen molar-refractivity contribution in [1.82, 2.24) is 20.4 Å². The fraction of sp³-hybridized carbons (Fsp3) is 0.412. The van der Waals surface area contributed by atoms with Crippen molar-refractivity contribution in [2.24, 2.45) is 10.9 Å². The summed E-state index contributed by atoms with van der Waals surface area (Å²) < 4.78 is 1.86. The monoisotopic (exact) mass is 427 g/mol. The van der Waals surface area contributed by atoms with Crippen LogP contribution in [0.4, 0.5) is 0 Å². The molecule has 0 saturated heterocycles. The molecule has 1 aromatic carbocycles. The molecule has 2 N–H and O–H groups in total. The van der Waals surface area contributed by atoms with Crippen molar-refractivity contribution in [2.75, 3.05) is 13.6 Å². The predicted octanol–water partition coefficient (Wildman–Crippen LogP) is 3.20. The maximum atomic E-state index is 4.26. The van der Waals surface area contributed by atoms with Gasteiger partial charge in [0.2, 0.25) is 0 Å². The molecule has 126 valence electrons. The molecule has 2 rings (SSSR count). The summed E-state index contributed by atoms with van der Waals surface area (Å²) in [5, 5.41) is 10.9. The molecule has 5 nitrogen and oxygen atoms in total. The van der Waals surface area contributed by atoms with Gasteiger partial charge in [0, 0.05) is 32.5 Å². The normalized spacial score (nSPS) is 11.2. The summed E-state index contributed by atoms with van der Waals surface area (Å²) in [7, 11) is 1.80. The smallest absolute Gasteiger partial charge is 0.191 e. The van der Waals surface area contributed by atoms with Gasteiger partial charge in [-0.15, -0.1) is 24.0 Å². The van der Waals surface area contributed by atoms with E-state index in [1.165, 1.54) is 5.56 Å². The molecular formula is C17H26IN5. The highest BCUT2D eigenvalue weighted by atomic mass is 127. The topological polar surface area (TPSA) is 54.2 Å². The van der Waals surface area contributed by atoms with E-state index in [1.807, 2.05) is 29.1 Å². The molecule has 0 aliphatic heterocycles. The molecule has 0 unspecified atom stereocenters. The Labute approximate surface area is 155 Å². The second kappa shape index (κ2) is 10.3. The van der Waals surface area contributed by atoms with Crippen LogP contribution in [-0.2, 0) is 6.54 Å². The summed E-state index contributed by atoms with van der Waals surface area (Å²) in [6.07, 6.45) is 4.86. The number of benzene rings is 1. The Bertz CT molecular complexity index is 593. The number of hydrogen-bond donors (Lipinski definition) is 2. The largest absolute Gasteiger partial charge is 0.356 e. The molecule has 0 aliphatic carbocycles. The zero-order valence-electron chi connectivity index (χ0n) is 14.0. The highest BCUT2D eigenvalue weighted by Crippen LogP contribution is 2.09. The second-order valence-corrected chi connectivity index (χ2v) is 5.66. The summed E-state index contributed by atoms with van der Waals surface area (Å²) in [4.78, 5) is 4.25. The van der Waals surface area contributed by atoms with E-state index in [0.717, 1.165) is 31.2 Å². The Kier molecular flexibility index (Phi) is 8.68. The van der Waals surface area contributed by atoms with Crippen LogP contribution < -0.4 is 10.6 Å². The Balaban J connectivity index is 0.00000264. The minimum absolute atomic E-state index is 0. The van der Waals surface area contributed by atoms with Crippen molar-refractivity contribution in [3.05, 3.63) is 48.3 Å². The molecule has 23 heavy (non-hydrogen) atoms. The van der Waals surface area contributed by atoms with E-state index in [2.05, 4.69) is 46.7 Å². The van der Waals surface area contributed by atoms with Crippen molar-refractivity contribution in [3.8, 4) is 5.69 Å². The van der Waals surface area contributed by atoms with Crippen LogP contribution >= 0.6 is 24.0 Å². The number of guanidine groups is 1. The third-order valence-corrected chi connectivity index (χ3v) is 3.38. The molecule has 1 heterocycles. The van der Waals surface area contributed by atoms with Gasteiger partial charge in [-0.25, -0.2) is 4.68 Å². The Morgan fingerprint density at radius 1 is 1.26 bits per heavy atom. The molecular weight excluding hydrogens is 401 g/mol. The number of hydrogen-bond acceptors (Lipinski definition) is 2. The third kappa shape index (κ3) is 6.60. The molecule has 1 aromatic heterocycles. The van der Waals surface area contributed by atoms with Crippen molar-refractivity contribution < 1.29 is 0 Å². The lowest BCUT2D eigenvalue weighted by Crippen LogP contribution is -2.37. The maximum Gasteiger partial charge on any atom is 0.191 e. The van der Waals surface area contributed by atoms with Crippen LogP contribution in [0.15, 0.2) is 47.7 Å². The fourth-order valence-electron chi connectivity index (χ4n) is 2.12. The van der Waals surface area contributed by atoms with Gasteiger partial charge in [-0.05, 0) is 36.1 Å². The van der Waals surface area contributed by atoms with Crippen LogP contribution in [0, 0.1) is 5.92 Å². The van der Waals surface area contributed by atoms with Gasteiger partial charge in [0.05, 0.1) is 5.69 Å². The van der Waals surface area contributed by atoms with E-state index >= 15 is 0 Å². The highest BCUT2D eigenvalue weighted by molar-refractivity contribution is 14.0. The lowest BCUT2D eigenvalue weighted by atomic mass is 10.1. The predicted molar refractivity (Wildman–Crippen MR) is 107 cm³/mol. The summed E-state index contributed by atoms with van der Waals surface area (Å²) in [6.45, 7) is 6.11. The molecule has 0 amide bonds. The van der Waals surface area contributed by atoms with Crippen LogP contribution in [0.1, 0.15) is 25.8 Å². The molecule has 0 bridgehead atoms. The standard InChI is InChI=1S/C17H25N5.HI/c1-14(2)8-10-19-17(18-3)20-13-15-6-4-7-16(12-15)22-11-5-9-21-22;/h4-7,9,11-12,14H,8,10,13H2,1-3H3,(H2,18,19,20);1H. The van der Waals surface area contributed by atoms with Crippen LogP contribution in [-0.4, -0.2) is 29.3 Å². The zero-order chi connectivity index (χ0) is 15.8. The molecule has 0 atom stereocenters. The van der Waals surface area contributed by atoms with E-state index in [9.17, 15) is 0 Å². The average molecular weight is 427 g/mol. The van der Waals surface area contributed by atoms with Crippen molar-refractivity contribution in [2.45, 2.75) is 26.8 Å². The number of halogens is 1. The van der Waals surface area contributed by atoms with Crippen molar-refractivity contribution in [3.63, 3.8) is 0 Å². The Hall–Kier alpha value is -1.57. The SMILES string of the molecule is CN=C(NCCC(C)C)NCc1cccc(-n2cccn2)c1.I. The molecule has 0 fully saturated rings. The molecule has 0 spiro atoms. The van der Waals surface area contributed by atoms with Crippen LogP contribution in [0.5, 0.6) is 0 Å². The van der Waals surface area contributed by atoms with E-state index < -0.39 is 0 Å². The Morgan fingerprint density at radius 3 is 2.74 bits per heavy atom. The number of nitrogens with one attached hydrogen (secondary N) is 2. The summed E-state index contributed by atoms with van der Waals surface area (Å²) in [5.41, 5.74) is 2.26. The Morgan fingerprint density at radius 2 is 2.09 bits per heavy atom. The fourth-order valence-corrected chi connectivity index (χ4v) is 2.12. The first-order valence-electron chi connectivity index (χ1n) is 7.72. The van der Waals surface area contributed by atoms with Crippen molar-refractivity contribution >= 4 is 29.9 Å². The van der Waals surface area contributed by atoms with Crippen LogP contribution in [0.3, 0.4) is 0 Å².